The number of ether oxygens (including phenoxy) is 2. The molecule has 0 radical (unpaired) electrons. The molecule has 3 aliphatic heterocycles. The summed E-state index contributed by atoms with van der Waals surface area (Å²) in [4.78, 5) is 36.4. The Morgan fingerprint density at radius 3 is 2.36 bits per heavy atom. The summed E-state index contributed by atoms with van der Waals surface area (Å²) in [7, 11) is 0. The van der Waals surface area contributed by atoms with Crippen molar-refractivity contribution in [2.75, 3.05) is 18.9 Å². The maximum atomic E-state index is 15.9. The van der Waals surface area contributed by atoms with Crippen LogP contribution in [0, 0.1) is 0 Å². The van der Waals surface area contributed by atoms with Gasteiger partial charge in [0.25, 0.3) is 5.56 Å². The van der Waals surface area contributed by atoms with Crippen molar-refractivity contribution in [1.82, 2.24) is 43.4 Å². The van der Waals surface area contributed by atoms with Gasteiger partial charge < -0.3 is 25.3 Å². The molecule has 0 aromatic carbocycles. The third-order valence-electron chi connectivity index (χ3n) is 7.89. The van der Waals surface area contributed by atoms with Gasteiger partial charge >= 0.3 is 13.6 Å². The van der Waals surface area contributed by atoms with Crippen LogP contribution in [0.15, 0.2) is 36.2 Å². The first-order chi connectivity index (χ1) is 22.4. The van der Waals surface area contributed by atoms with Gasteiger partial charge in [0, 0.05) is 12.4 Å². The Bertz CT molecular complexity index is 2180. The second-order valence-corrected chi connectivity index (χ2v) is 16.5. The van der Waals surface area contributed by atoms with Gasteiger partial charge in [-0.15, -0.1) is 0 Å². The van der Waals surface area contributed by atoms with Gasteiger partial charge in [0.15, 0.2) is 41.3 Å². The van der Waals surface area contributed by atoms with Crippen LogP contribution in [0.5, 0.6) is 0 Å². The minimum absolute atomic E-state index is 0.0284. The number of fused-ring (bicyclic) bond motifs is 6. The lowest BCUT2D eigenvalue weighted by Gasteiger charge is -2.26. The smallest absolute Gasteiger partial charge is 0.386 e. The molecule has 2 unspecified atom stereocenters. The lowest BCUT2D eigenvalue weighted by Crippen LogP contribution is -2.36. The molecule has 0 spiro atoms. The van der Waals surface area contributed by atoms with Crippen molar-refractivity contribution in [2.45, 2.75) is 49.1 Å². The molecule has 47 heavy (non-hydrogen) atoms. The Hall–Kier alpha value is -2.95. The number of nitrogens with one attached hydrogen (secondary N) is 1. The highest BCUT2D eigenvalue weighted by molar-refractivity contribution is 8.44. The number of alkyl halides is 1. The molecule has 20 nitrogen and oxygen atoms in total. The van der Waals surface area contributed by atoms with Gasteiger partial charge in [0.1, 0.15) is 42.4 Å². The number of imidazole rings is 3. The summed E-state index contributed by atoms with van der Waals surface area (Å²) in [6, 6.07) is 0. The van der Waals surface area contributed by atoms with E-state index in [0.717, 1.165) is 0 Å². The number of hydrogen-bond donors (Lipinski definition) is 5. The number of anilines is 1. The zero-order valence-corrected chi connectivity index (χ0v) is 26.9. The zero-order chi connectivity index (χ0) is 32.8. The van der Waals surface area contributed by atoms with Gasteiger partial charge in [-0.2, -0.15) is 4.98 Å². The number of nitrogen functional groups attached to an aromatic ring is 1. The molecule has 4 N–H and O–H groups in total. The Labute approximate surface area is 271 Å². The van der Waals surface area contributed by atoms with E-state index in [1.165, 1.54) is 44.9 Å². The minimum atomic E-state index is -4.43. The number of thiol groups is 2. The molecular weight excluding hydrogens is 709 g/mol. The average Bonchev–Trinajstić information content (AvgIpc) is 3.85. The van der Waals surface area contributed by atoms with Crippen molar-refractivity contribution in [2.24, 2.45) is 0 Å². The number of halogens is 1. The van der Waals surface area contributed by atoms with E-state index in [9.17, 15) is 19.0 Å². The van der Waals surface area contributed by atoms with Crippen LogP contribution in [-0.2, 0) is 36.7 Å². The summed E-state index contributed by atoms with van der Waals surface area (Å²) in [6.45, 7) is -10.1. The molecule has 5 aromatic rings. The third-order valence-corrected chi connectivity index (χ3v) is 11.1. The van der Waals surface area contributed by atoms with Gasteiger partial charge in [0.05, 0.1) is 25.9 Å². The van der Waals surface area contributed by atoms with Crippen molar-refractivity contribution in [3.63, 3.8) is 0 Å². The van der Waals surface area contributed by atoms with E-state index in [1.807, 2.05) is 0 Å². The lowest BCUT2D eigenvalue weighted by molar-refractivity contribution is -0.0572. The first kappa shape index (κ1) is 31.3. The van der Waals surface area contributed by atoms with Crippen molar-refractivity contribution < 1.29 is 46.2 Å². The van der Waals surface area contributed by atoms with Crippen LogP contribution in [0.3, 0.4) is 0 Å². The van der Waals surface area contributed by atoms with E-state index in [4.69, 9.17) is 33.3 Å². The molecule has 8 heterocycles. The number of aliphatic hydroxyl groups is 1. The Kier molecular flexibility index (Phi) is 7.54. The van der Waals surface area contributed by atoms with Crippen molar-refractivity contribution in [3.8, 4) is 0 Å². The van der Waals surface area contributed by atoms with E-state index in [-0.39, 0.29) is 33.9 Å². The molecule has 3 aliphatic rings. The van der Waals surface area contributed by atoms with Gasteiger partial charge in [-0.25, -0.2) is 33.5 Å². The second kappa shape index (κ2) is 11.3. The van der Waals surface area contributed by atoms with Crippen LogP contribution in [-0.4, -0.2) is 98.5 Å². The summed E-state index contributed by atoms with van der Waals surface area (Å²) in [5.41, 5.74) is 5.78. The van der Waals surface area contributed by atoms with Gasteiger partial charge in [-0.3, -0.25) is 36.4 Å². The lowest BCUT2D eigenvalue weighted by atomic mass is 10.1. The van der Waals surface area contributed by atoms with Crippen molar-refractivity contribution in [1.29, 1.82) is 0 Å². The number of nitrogens with two attached hydrogens (primary N) is 1. The quantitative estimate of drug-likeness (QED) is 0.126. The van der Waals surface area contributed by atoms with E-state index in [2.05, 4.69) is 54.4 Å². The molecule has 0 saturated carbocycles. The van der Waals surface area contributed by atoms with Gasteiger partial charge in [-0.05, 0) is 0 Å². The van der Waals surface area contributed by atoms with Crippen LogP contribution in [0.25, 0.3) is 28.1 Å². The van der Waals surface area contributed by atoms with E-state index in [0.29, 0.717) is 0 Å². The third kappa shape index (κ3) is 5.29. The van der Waals surface area contributed by atoms with Crippen LogP contribution in [0.1, 0.15) is 12.5 Å². The van der Waals surface area contributed by atoms with Crippen molar-refractivity contribution in [3.05, 3.63) is 41.7 Å². The summed E-state index contributed by atoms with van der Waals surface area (Å²) in [5.74, 6) is 0.247. The van der Waals surface area contributed by atoms with Crippen molar-refractivity contribution >= 4 is 72.0 Å². The summed E-state index contributed by atoms with van der Waals surface area (Å²) in [6.07, 6.45) is -5.56. The summed E-state index contributed by atoms with van der Waals surface area (Å²) in [5, 5.41) is 11.4. The average molecular weight is 733 g/mol. The van der Waals surface area contributed by atoms with E-state index < -0.39 is 81.5 Å². The number of aliphatic hydroxyl groups excluding tert-OH is 1. The molecule has 2 bridgehead atoms. The fourth-order valence-electron chi connectivity index (χ4n) is 5.73. The Balaban J connectivity index is 1.12. The molecule has 250 valence electrons. The summed E-state index contributed by atoms with van der Waals surface area (Å²) >= 11 is 8.09. The number of aromatic nitrogens is 9. The first-order valence-electron chi connectivity index (χ1n) is 13.7. The molecule has 8 rings (SSSR count). The Morgan fingerprint density at radius 2 is 1.60 bits per heavy atom. The highest BCUT2D eigenvalue weighted by atomic mass is 32.7. The molecule has 3 saturated heterocycles. The second-order valence-electron chi connectivity index (χ2n) is 10.7. The predicted molar refractivity (Wildman–Crippen MR) is 162 cm³/mol. The van der Waals surface area contributed by atoms with E-state index in [1.54, 1.807) is 0 Å². The monoisotopic (exact) mass is 732 g/mol. The minimum Gasteiger partial charge on any atom is -0.386 e. The zero-order valence-electron chi connectivity index (χ0n) is 23.4. The normalized spacial score (nSPS) is 36.8. The molecule has 25 heteroatoms. The van der Waals surface area contributed by atoms with Crippen LogP contribution >= 0.6 is 38.1 Å². The summed E-state index contributed by atoms with van der Waals surface area (Å²) < 4.78 is 80.7. The maximum absolute atomic E-state index is 15.9. The first-order valence-corrected chi connectivity index (χ1v) is 19.1. The number of hydrogen-bond acceptors (Lipinski definition) is 16. The molecule has 0 aliphatic carbocycles. The fraction of sp³-hybridized carbons (Fsp3) is 0.455. The van der Waals surface area contributed by atoms with Crippen LogP contribution in [0.2, 0.25) is 0 Å². The molecule has 10 atom stereocenters. The highest BCUT2D eigenvalue weighted by Gasteiger charge is 2.54. The number of rotatable bonds is 2. The standard InChI is InChI=1S/C22H23FN10O10P2S2/c23-10-8-3-38-44(36,46)42-14-9(41-20(13(14)34)33-7-29-12-18(33)30-22-25-1-2-31(22)19(12)35)4-39-45(37,47)43-15(10)21(40-8)32-6-28-11-16(24)26-5-27-17(11)32/h1-2,5-10,13-15,20-21,34H,3-4H2,(H,25,30)(H,36,46)(H,37,47)(H2,24,26,27)/t8-,9-,10-,13-,14-,15-,20-,21-,44?,45?/m1/s1. The fourth-order valence-corrected chi connectivity index (χ4v) is 8.67. The van der Waals surface area contributed by atoms with Gasteiger partial charge in [-0.1, -0.05) is 24.5 Å². The van der Waals surface area contributed by atoms with Crippen LogP contribution in [0.4, 0.5) is 10.2 Å². The molecular formula is C22H23FN10O10P2S2. The SMILES string of the molecule is Nc1ncnc2c1ncn2[C@@H]1O[C@@H]2COP(=O)(S)O[C@H]3[C@@H](O)[C@H](n4cnc5c(=O)n6cc[nH]c6nc54)O[C@@H]3COP(=O)(S)O[C@@H]1[C@@H]2F. The topological polar surface area (TPSA) is 247 Å². The van der Waals surface area contributed by atoms with Crippen LogP contribution < -0.4 is 11.3 Å². The van der Waals surface area contributed by atoms with Gasteiger partial charge in [0.2, 0.25) is 5.78 Å². The predicted octanol–water partition coefficient (Wildman–Crippen LogP) is 1.18. The molecule has 3 fully saturated rings. The van der Waals surface area contributed by atoms with E-state index >= 15 is 4.39 Å². The largest absolute Gasteiger partial charge is 0.386 e. The number of nitrogens with zero attached hydrogens (tertiary/aromatic N) is 8. The number of aromatic amines is 1. The Morgan fingerprint density at radius 1 is 0.936 bits per heavy atom. The maximum Gasteiger partial charge on any atom is 0.386 e. The number of H-pyrrole nitrogens is 1. The molecule has 0 amide bonds. The highest BCUT2D eigenvalue weighted by Crippen LogP contribution is 2.60. The molecule has 5 aromatic heterocycles.